The minimum Gasteiger partial charge on any atom is -0.459 e. The summed E-state index contributed by atoms with van der Waals surface area (Å²) in [5, 5.41) is 2.76. The number of piperidine rings is 3. The van der Waals surface area contributed by atoms with Crippen LogP contribution in [-0.4, -0.2) is 48.8 Å². The third kappa shape index (κ3) is 4.66. The summed E-state index contributed by atoms with van der Waals surface area (Å²) in [7, 11) is 0. The molecule has 3 heterocycles. The van der Waals surface area contributed by atoms with Crippen LogP contribution in [0.25, 0.3) is 0 Å². The van der Waals surface area contributed by atoms with Crippen LogP contribution in [0.1, 0.15) is 56.6 Å². The van der Waals surface area contributed by atoms with Gasteiger partial charge in [0.2, 0.25) is 0 Å². The van der Waals surface area contributed by atoms with Crippen molar-refractivity contribution in [2.75, 3.05) is 19.6 Å². The van der Waals surface area contributed by atoms with Gasteiger partial charge in [0, 0.05) is 6.54 Å². The molecule has 2 atom stereocenters. The minimum atomic E-state index is -0.840. The second-order valence-electron chi connectivity index (χ2n) is 8.27. The fourth-order valence-corrected chi connectivity index (χ4v) is 4.67. The molecule has 1 amide bonds. The summed E-state index contributed by atoms with van der Waals surface area (Å²) in [4.78, 5) is 27.8. The third-order valence-corrected chi connectivity index (χ3v) is 6.32. The lowest BCUT2D eigenvalue weighted by atomic mass is 9.86. The van der Waals surface area contributed by atoms with Crippen molar-refractivity contribution in [3.05, 3.63) is 35.9 Å². The number of fused-ring (bicyclic) bond motifs is 3. The third-order valence-electron chi connectivity index (χ3n) is 6.32. The molecule has 1 saturated carbocycles. The summed E-state index contributed by atoms with van der Waals surface area (Å²) >= 11 is 0. The van der Waals surface area contributed by atoms with Crippen molar-refractivity contribution in [2.45, 2.75) is 63.2 Å². The van der Waals surface area contributed by atoms with Crippen molar-refractivity contribution in [1.82, 2.24) is 10.2 Å². The Balaban J connectivity index is 1.41. The Kier molecular flexibility index (Phi) is 6.15. The van der Waals surface area contributed by atoms with Crippen molar-refractivity contribution in [3.8, 4) is 0 Å². The monoisotopic (exact) mass is 386 g/mol. The molecule has 2 bridgehead atoms. The average Bonchev–Trinajstić information content (AvgIpc) is 2.74. The zero-order valence-corrected chi connectivity index (χ0v) is 16.3. The quantitative estimate of drug-likeness (QED) is 0.786. The van der Waals surface area contributed by atoms with E-state index < -0.39 is 18.1 Å². The van der Waals surface area contributed by atoms with Gasteiger partial charge in [-0.25, -0.2) is 9.59 Å². The van der Waals surface area contributed by atoms with E-state index in [0.29, 0.717) is 5.92 Å². The molecule has 1 aromatic carbocycles. The van der Waals surface area contributed by atoms with E-state index in [1.165, 1.54) is 6.42 Å². The van der Waals surface area contributed by atoms with Gasteiger partial charge in [-0.2, -0.15) is 0 Å². The van der Waals surface area contributed by atoms with Gasteiger partial charge in [0.1, 0.15) is 12.2 Å². The first-order chi connectivity index (χ1) is 13.7. The number of hydrogen-bond donors (Lipinski definition) is 1. The Morgan fingerprint density at radius 1 is 0.964 bits per heavy atom. The number of rotatable bonds is 5. The first kappa shape index (κ1) is 19.2. The molecular weight excluding hydrogens is 356 g/mol. The van der Waals surface area contributed by atoms with E-state index in [1.807, 2.05) is 30.3 Å². The first-order valence-electron chi connectivity index (χ1n) is 10.6. The molecule has 0 radical (unpaired) electrons. The molecule has 1 N–H and O–H groups in total. The predicted molar refractivity (Wildman–Crippen MR) is 105 cm³/mol. The Labute approximate surface area is 166 Å². The molecule has 6 nitrogen and oxygen atoms in total. The summed E-state index contributed by atoms with van der Waals surface area (Å²) < 4.78 is 11.4. The van der Waals surface area contributed by atoms with Crippen LogP contribution in [0.4, 0.5) is 4.79 Å². The maximum Gasteiger partial charge on any atom is 0.408 e. The number of ether oxygens (including phenoxy) is 2. The summed E-state index contributed by atoms with van der Waals surface area (Å²) in [6.45, 7) is 2.98. The fraction of sp³-hybridized carbons (Fsp3) is 0.636. The summed E-state index contributed by atoms with van der Waals surface area (Å²) in [6, 6.07) is 8.44. The molecule has 152 valence electrons. The minimum absolute atomic E-state index is 0.0527. The zero-order valence-electron chi connectivity index (χ0n) is 16.3. The van der Waals surface area contributed by atoms with Gasteiger partial charge in [0.25, 0.3) is 0 Å². The largest absolute Gasteiger partial charge is 0.459 e. The predicted octanol–water partition coefficient (Wildman–Crippen LogP) is 3.42. The maximum atomic E-state index is 13.0. The van der Waals surface area contributed by atoms with Crippen LogP contribution < -0.4 is 5.32 Å². The van der Waals surface area contributed by atoms with Crippen LogP contribution in [0, 0.1) is 5.92 Å². The molecule has 3 saturated heterocycles. The lowest BCUT2D eigenvalue weighted by Crippen LogP contribution is -2.52. The van der Waals surface area contributed by atoms with Crippen LogP contribution in [-0.2, 0) is 14.3 Å². The van der Waals surface area contributed by atoms with Crippen LogP contribution in [0.15, 0.2) is 30.3 Å². The van der Waals surface area contributed by atoms with E-state index in [-0.39, 0.29) is 12.2 Å². The smallest absolute Gasteiger partial charge is 0.408 e. The zero-order chi connectivity index (χ0) is 19.3. The normalized spacial score (nSPS) is 28.4. The molecule has 1 aliphatic carbocycles. The Morgan fingerprint density at radius 3 is 2.32 bits per heavy atom. The van der Waals surface area contributed by atoms with Crippen molar-refractivity contribution < 1.29 is 19.1 Å². The van der Waals surface area contributed by atoms with Crippen LogP contribution >= 0.6 is 0 Å². The molecule has 1 aromatic rings. The number of carbonyl (C=O) groups excluding carboxylic acids is 2. The summed E-state index contributed by atoms with van der Waals surface area (Å²) in [6.07, 6.45) is 6.63. The van der Waals surface area contributed by atoms with E-state index in [4.69, 9.17) is 9.47 Å². The number of benzene rings is 1. The average molecular weight is 386 g/mol. The van der Waals surface area contributed by atoms with E-state index in [1.54, 1.807) is 0 Å². The summed E-state index contributed by atoms with van der Waals surface area (Å²) in [5.74, 6) is 0.0325. The summed E-state index contributed by atoms with van der Waals surface area (Å²) in [5.41, 5.74) is 0.717. The maximum absolute atomic E-state index is 13.0. The van der Waals surface area contributed by atoms with Gasteiger partial charge in [-0.15, -0.1) is 0 Å². The second-order valence-corrected chi connectivity index (χ2v) is 8.27. The Morgan fingerprint density at radius 2 is 1.68 bits per heavy atom. The lowest BCUT2D eigenvalue weighted by Gasteiger charge is -2.44. The van der Waals surface area contributed by atoms with Gasteiger partial charge in [-0.1, -0.05) is 36.8 Å². The molecule has 3 aliphatic heterocycles. The number of nitrogens with zero attached hydrogens (tertiary/aromatic N) is 1. The highest BCUT2D eigenvalue weighted by Gasteiger charge is 2.38. The van der Waals surface area contributed by atoms with Gasteiger partial charge in [0.15, 0.2) is 6.04 Å². The van der Waals surface area contributed by atoms with Gasteiger partial charge < -0.3 is 14.8 Å². The van der Waals surface area contributed by atoms with Crippen molar-refractivity contribution in [1.29, 1.82) is 0 Å². The highest BCUT2D eigenvalue weighted by molar-refractivity contribution is 5.83. The number of alkyl carbamates (subject to hydrolysis) is 1. The Hall–Kier alpha value is -2.08. The number of hydrogen-bond acceptors (Lipinski definition) is 5. The van der Waals surface area contributed by atoms with Gasteiger partial charge in [-0.3, -0.25) is 4.90 Å². The number of amides is 1. The molecule has 6 heteroatoms. The number of nitrogens with one attached hydrogen (secondary N) is 1. The molecule has 28 heavy (non-hydrogen) atoms. The molecule has 1 unspecified atom stereocenters. The molecular formula is C22H30N2O4. The van der Waals surface area contributed by atoms with E-state index in [9.17, 15) is 9.59 Å². The standard InChI is InChI=1S/C22H30N2O4/c25-21(28-19-15-24-13-11-16(19)12-14-24)20(17-7-3-1-4-8-17)23-22(26)27-18-9-5-2-6-10-18/h1,3-4,7-8,16,18-20H,2,5-6,9-15H2,(H,23,26)/t19-,20?/m0/s1. The highest BCUT2D eigenvalue weighted by atomic mass is 16.6. The van der Waals surface area contributed by atoms with Gasteiger partial charge >= 0.3 is 12.1 Å². The van der Waals surface area contributed by atoms with Crippen molar-refractivity contribution in [2.24, 2.45) is 5.92 Å². The molecule has 5 rings (SSSR count). The van der Waals surface area contributed by atoms with Crippen molar-refractivity contribution in [3.63, 3.8) is 0 Å². The van der Waals surface area contributed by atoms with E-state index >= 15 is 0 Å². The van der Waals surface area contributed by atoms with Crippen molar-refractivity contribution >= 4 is 12.1 Å². The molecule has 4 aliphatic rings. The van der Waals surface area contributed by atoms with Gasteiger partial charge in [0.05, 0.1) is 0 Å². The van der Waals surface area contributed by atoms with E-state index in [2.05, 4.69) is 10.2 Å². The Bertz CT molecular complexity index is 666. The SMILES string of the molecule is O=C(NC(C(=O)O[C@H]1CN2CCC1CC2)c1ccccc1)OC1CCCCC1. The topological polar surface area (TPSA) is 67.9 Å². The molecule has 0 spiro atoms. The second kappa shape index (κ2) is 8.95. The highest BCUT2D eigenvalue weighted by Crippen LogP contribution is 2.30. The van der Waals surface area contributed by atoms with E-state index in [0.717, 1.165) is 63.7 Å². The van der Waals surface area contributed by atoms with Crippen LogP contribution in [0.3, 0.4) is 0 Å². The first-order valence-corrected chi connectivity index (χ1v) is 10.6. The van der Waals surface area contributed by atoms with Crippen LogP contribution in [0.5, 0.6) is 0 Å². The fourth-order valence-electron chi connectivity index (χ4n) is 4.67. The van der Waals surface area contributed by atoms with Crippen LogP contribution in [0.2, 0.25) is 0 Å². The number of carbonyl (C=O) groups is 2. The van der Waals surface area contributed by atoms with Gasteiger partial charge in [-0.05, 0) is 63.1 Å². The lowest BCUT2D eigenvalue weighted by molar-refractivity contribution is -0.161. The number of esters is 1. The molecule has 4 fully saturated rings. The molecule has 0 aromatic heterocycles.